The molecule has 0 unspecified atom stereocenters. The number of nitrogens with one attached hydrogen (secondary N) is 1. The number of benzene rings is 1. The van der Waals surface area contributed by atoms with Gasteiger partial charge in [0.05, 0.1) is 4.91 Å². The number of anilines is 1. The largest absolute Gasteiger partial charge is 0.309 e. The van der Waals surface area contributed by atoms with E-state index in [1.807, 2.05) is 0 Å². The van der Waals surface area contributed by atoms with Gasteiger partial charge in [-0.05, 0) is 30.3 Å². The molecular weight excluding hydrogens is 413 g/mol. The summed E-state index contributed by atoms with van der Waals surface area (Å²) in [5.41, 5.74) is 0.536. The van der Waals surface area contributed by atoms with E-state index >= 15 is 0 Å². The van der Waals surface area contributed by atoms with Crippen molar-refractivity contribution in [2.24, 2.45) is 0 Å². The number of rotatable bonds is 4. The van der Waals surface area contributed by atoms with Gasteiger partial charge in [-0.3, -0.25) is 14.5 Å². The molecule has 26 heavy (non-hydrogen) atoms. The lowest BCUT2D eigenvalue weighted by molar-refractivity contribution is -0.126. The molecule has 1 saturated heterocycles. The number of thiocarbonyl (C=S) groups is 1. The van der Waals surface area contributed by atoms with E-state index in [1.54, 1.807) is 48.7 Å². The number of hydrogen-bond acceptors (Lipinski definition) is 5. The number of thioether (sulfide) groups is 1. The molecule has 0 spiro atoms. The fourth-order valence-corrected chi connectivity index (χ4v) is 3.92. The first kappa shape index (κ1) is 18.8. The van der Waals surface area contributed by atoms with Crippen LogP contribution in [0.1, 0.15) is 5.56 Å². The molecule has 1 aromatic carbocycles. The Morgan fingerprint density at radius 3 is 2.62 bits per heavy atom. The Morgan fingerprint density at radius 2 is 1.96 bits per heavy atom. The molecule has 0 bridgehead atoms. The highest BCUT2D eigenvalue weighted by molar-refractivity contribution is 8.26. The van der Waals surface area contributed by atoms with E-state index in [2.05, 4.69) is 10.3 Å². The van der Waals surface area contributed by atoms with Crippen LogP contribution >= 0.6 is 47.2 Å². The van der Waals surface area contributed by atoms with Gasteiger partial charge in [-0.25, -0.2) is 4.98 Å². The van der Waals surface area contributed by atoms with E-state index < -0.39 is 5.91 Å². The van der Waals surface area contributed by atoms with Crippen LogP contribution < -0.4 is 5.32 Å². The maximum absolute atomic E-state index is 12.6. The number of amides is 2. The summed E-state index contributed by atoms with van der Waals surface area (Å²) in [6.07, 6.45) is 3.14. The summed E-state index contributed by atoms with van der Waals surface area (Å²) in [6, 6.07) is 10.2. The van der Waals surface area contributed by atoms with Crippen molar-refractivity contribution in [2.45, 2.75) is 0 Å². The summed E-state index contributed by atoms with van der Waals surface area (Å²) in [5, 5.41) is 3.47. The predicted octanol–water partition coefficient (Wildman–Crippen LogP) is 4.23. The molecule has 0 aliphatic carbocycles. The summed E-state index contributed by atoms with van der Waals surface area (Å²) in [6.45, 7) is -0.200. The van der Waals surface area contributed by atoms with Crippen LogP contribution in [0.2, 0.25) is 10.0 Å². The minimum atomic E-state index is -0.392. The molecule has 0 atom stereocenters. The average Bonchev–Trinajstić information content (AvgIpc) is 2.86. The van der Waals surface area contributed by atoms with Crippen LogP contribution in [0.25, 0.3) is 6.08 Å². The maximum Gasteiger partial charge on any atom is 0.266 e. The van der Waals surface area contributed by atoms with Crippen molar-refractivity contribution in [3.63, 3.8) is 0 Å². The zero-order valence-corrected chi connectivity index (χ0v) is 16.3. The van der Waals surface area contributed by atoms with Gasteiger partial charge in [0, 0.05) is 21.8 Å². The number of carbonyl (C=O) groups excluding carboxylic acids is 2. The molecule has 1 aliphatic rings. The highest BCUT2D eigenvalue weighted by Crippen LogP contribution is 2.35. The van der Waals surface area contributed by atoms with Gasteiger partial charge in [0.25, 0.3) is 5.91 Å². The monoisotopic (exact) mass is 423 g/mol. The van der Waals surface area contributed by atoms with Crippen LogP contribution in [0.5, 0.6) is 0 Å². The fraction of sp³-hybridized carbons (Fsp3) is 0.0588. The maximum atomic E-state index is 12.6. The van der Waals surface area contributed by atoms with E-state index in [-0.39, 0.29) is 12.5 Å². The van der Waals surface area contributed by atoms with Crippen molar-refractivity contribution in [3.05, 3.63) is 63.1 Å². The minimum absolute atomic E-state index is 0.200. The van der Waals surface area contributed by atoms with Crippen LogP contribution in [-0.4, -0.2) is 32.6 Å². The number of aromatic nitrogens is 1. The van der Waals surface area contributed by atoms with Gasteiger partial charge in [-0.15, -0.1) is 0 Å². The first-order valence-corrected chi connectivity index (χ1v) is 9.34. The molecule has 2 aromatic rings. The van der Waals surface area contributed by atoms with Gasteiger partial charge in [-0.1, -0.05) is 59.3 Å². The standard InChI is InChI=1S/C17H11Cl2N3O2S2/c18-11-4-3-5-12(19)10(11)8-13-16(24)22(17(25)26-13)9-15(23)21-14-6-1-2-7-20-14/h1-8H,9H2,(H,20,21,23)/b13-8-. The lowest BCUT2D eigenvalue weighted by atomic mass is 10.2. The lowest BCUT2D eigenvalue weighted by Gasteiger charge is -2.13. The van der Waals surface area contributed by atoms with Crippen LogP contribution in [-0.2, 0) is 9.59 Å². The third-order valence-corrected chi connectivity index (χ3v) is 5.42. The van der Waals surface area contributed by atoms with Crippen molar-refractivity contribution in [1.82, 2.24) is 9.88 Å². The smallest absolute Gasteiger partial charge is 0.266 e. The van der Waals surface area contributed by atoms with E-state index in [9.17, 15) is 9.59 Å². The Morgan fingerprint density at radius 1 is 1.23 bits per heavy atom. The van der Waals surface area contributed by atoms with Gasteiger partial charge in [0.1, 0.15) is 16.7 Å². The molecule has 1 N–H and O–H groups in total. The quantitative estimate of drug-likeness (QED) is 0.588. The molecule has 2 amide bonds. The molecule has 1 aromatic heterocycles. The van der Waals surface area contributed by atoms with Gasteiger partial charge >= 0.3 is 0 Å². The second-order valence-corrected chi connectivity index (χ2v) is 7.66. The second kappa shape index (κ2) is 8.18. The normalized spacial score (nSPS) is 15.6. The Balaban J connectivity index is 1.75. The van der Waals surface area contributed by atoms with Gasteiger partial charge in [-0.2, -0.15) is 0 Å². The summed E-state index contributed by atoms with van der Waals surface area (Å²) in [5.74, 6) is -0.356. The predicted molar refractivity (Wildman–Crippen MR) is 109 cm³/mol. The van der Waals surface area contributed by atoms with Crippen LogP contribution in [0, 0.1) is 0 Å². The van der Waals surface area contributed by atoms with E-state index in [4.69, 9.17) is 35.4 Å². The van der Waals surface area contributed by atoms with Crippen LogP contribution in [0.3, 0.4) is 0 Å². The number of hydrogen-bond donors (Lipinski definition) is 1. The Labute approximate surface area is 169 Å². The molecule has 0 saturated carbocycles. The zero-order valence-electron chi connectivity index (χ0n) is 13.1. The fourth-order valence-electron chi connectivity index (χ4n) is 2.18. The van der Waals surface area contributed by atoms with Crippen LogP contribution in [0.15, 0.2) is 47.5 Å². The number of carbonyl (C=O) groups is 2. The zero-order chi connectivity index (χ0) is 18.7. The van der Waals surface area contributed by atoms with Gasteiger partial charge in [0.2, 0.25) is 5.91 Å². The number of nitrogens with zero attached hydrogens (tertiary/aromatic N) is 2. The first-order valence-electron chi connectivity index (χ1n) is 7.36. The molecule has 5 nitrogen and oxygen atoms in total. The third kappa shape index (κ3) is 4.24. The topological polar surface area (TPSA) is 62.3 Å². The summed E-state index contributed by atoms with van der Waals surface area (Å²) in [7, 11) is 0. The Kier molecular flexibility index (Phi) is 5.93. The molecule has 0 radical (unpaired) electrons. The van der Waals surface area contributed by atoms with E-state index in [1.165, 1.54) is 4.90 Å². The SMILES string of the molecule is O=C(CN1C(=O)/C(=C/c2c(Cl)cccc2Cl)SC1=S)Nc1ccccn1. The van der Waals surface area contributed by atoms with Crippen molar-refractivity contribution in [1.29, 1.82) is 0 Å². The number of pyridine rings is 1. The second-order valence-electron chi connectivity index (χ2n) is 5.17. The molecule has 1 aliphatic heterocycles. The Hall–Kier alpha value is -1.93. The average molecular weight is 424 g/mol. The van der Waals surface area contributed by atoms with Crippen molar-refractivity contribution < 1.29 is 9.59 Å². The van der Waals surface area contributed by atoms with Crippen molar-refractivity contribution in [3.8, 4) is 0 Å². The third-order valence-electron chi connectivity index (χ3n) is 3.38. The number of halogens is 2. The molecule has 3 rings (SSSR count). The van der Waals surface area contributed by atoms with Crippen molar-refractivity contribution >= 4 is 75.2 Å². The lowest BCUT2D eigenvalue weighted by Crippen LogP contribution is -2.36. The summed E-state index contributed by atoms with van der Waals surface area (Å²) in [4.78, 5) is 30.4. The molecule has 132 valence electrons. The molecule has 9 heteroatoms. The van der Waals surface area contributed by atoms with Crippen LogP contribution in [0.4, 0.5) is 5.82 Å². The highest BCUT2D eigenvalue weighted by atomic mass is 35.5. The van der Waals surface area contributed by atoms with Gasteiger partial charge < -0.3 is 5.32 Å². The molecular formula is C17H11Cl2N3O2S2. The first-order chi connectivity index (χ1) is 12.5. The molecule has 2 heterocycles. The van der Waals surface area contributed by atoms with E-state index in [0.29, 0.717) is 30.7 Å². The van der Waals surface area contributed by atoms with E-state index in [0.717, 1.165) is 11.8 Å². The summed E-state index contributed by atoms with van der Waals surface area (Å²) >= 11 is 18.6. The van der Waals surface area contributed by atoms with Gasteiger partial charge in [0.15, 0.2) is 0 Å². The highest BCUT2D eigenvalue weighted by Gasteiger charge is 2.33. The molecule has 1 fully saturated rings. The Bertz CT molecular complexity index is 899. The summed E-state index contributed by atoms with van der Waals surface area (Å²) < 4.78 is 0.292. The minimum Gasteiger partial charge on any atom is -0.309 e. The van der Waals surface area contributed by atoms with Crippen molar-refractivity contribution in [2.75, 3.05) is 11.9 Å².